The molecule has 0 aromatic heterocycles. The van der Waals surface area contributed by atoms with Crippen molar-refractivity contribution < 1.29 is 10.0 Å². The molecule has 0 bridgehead atoms. The topological polar surface area (TPSA) is 63.4 Å². The van der Waals surface area contributed by atoms with Gasteiger partial charge < -0.3 is 5.11 Å². The average molecular weight is 147 g/mol. The van der Waals surface area contributed by atoms with Crippen LogP contribution < -0.4 is 0 Å². The van der Waals surface area contributed by atoms with Crippen LogP contribution in [0.1, 0.15) is 27.2 Å². The van der Waals surface area contributed by atoms with Gasteiger partial charge in [0.1, 0.15) is 5.60 Å². The molecule has 0 rings (SSSR count). The highest BCUT2D eigenvalue weighted by Crippen LogP contribution is 2.15. The summed E-state index contributed by atoms with van der Waals surface area (Å²) >= 11 is 0. The second-order valence-corrected chi connectivity index (χ2v) is 2.67. The third-order valence-electron chi connectivity index (χ3n) is 1.93. The molecular weight excluding hydrogens is 134 g/mol. The van der Waals surface area contributed by atoms with Gasteiger partial charge in [0, 0.05) is 11.8 Å². The van der Waals surface area contributed by atoms with Gasteiger partial charge in [-0.1, -0.05) is 6.92 Å². The molecule has 4 heteroatoms. The maximum absolute atomic E-state index is 10.2. The first kappa shape index (κ1) is 9.36. The van der Waals surface area contributed by atoms with Crippen molar-refractivity contribution in [2.45, 2.75) is 38.8 Å². The molecule has 0 fully saturated rings. The van der Waals surface area contributed by atoms with Crippen LogP contribution in [-0.2, 0) is 0 Å². The summed E-state index contributed by atoms with van der Waals surface area (Å²) in [4.78, 5) is 9.68. The van der Waals surface area contributed by atoms with E-state index >= 15 is 0 Å². The fourth-order valence-corrected chi connectivity index (χ4v) is 0.522. The smallest absolute Gasteiger partial charge is 0.238 e. The summed E-state index contributed by atoms with van der Waals surface area (Å²) in [6.45, 7) is 4.60. The Bertz CT molecular complexity index is 133. The number of hydrogen-bond acceptors (Lipinski definition) is 3. The van der Waals surface area contributed by atoms with E-state index in [-0.39, 0.29) is 0 Å². The van der Waals surface area contributed by atoms with Crippen molar-refractivity contribution >= 4 is 0 Å². The van der Waals surface area contributed by atoms with Crippen LogP contribution in [0.3, 0.4) is 0 Å². The van der Waals surface area contributed by atoms with Crippen LogP contribution in [-0.4, -0.2) is 21.7 Å². The fraction of sp³-hybridized carbons (Fsp3) is 1.00. The largest absolute Gasteiger partial charge is 0.383 e. The second-order valence-electron chi connectivity index (χ2n) is 2.67. The van der Waals surface area contributed by atoms with E-state index in [1.165, 1.54) is 13.8 Å². The van der Waals surface area contributed by atoms with Crippen molar-refractivity contribution in [3.05, 3.63) is 10.1 Å². The minimum atomic E-state index is -1.18. The van der Waals surface area contributed by atoms with E-state index in [1.54, 1.807) is 6.92 Å². The number of aliphatic hydroxyl groups is 1. The summed E-state index contributed by atoms with van der Waals surface area (Å²) in [6, 6.07) is -0.891. The fourth-order valence-electron chi connectivity index (χ4n) is 0.522. The van der Waals surface area contributed by atoms with Crippen LogP contribution in [0.4, 0.5) is 0 Å². The molecule has 0 aromatic carbocycles. The zero-order chi connectivity index (χ0) is 8.36. The Kier molecular flexibility index (Phi) is 2.77. The standard InChI is InChI=1S/C6H13NO3/c1-4-6(3,8)5(2)7(9)10/h5,8H,4H2,1-3H3/t5?,6-/m1/s1. The monoisotopic (exact) mass is 147 g/mol. The zero-order valence-electron chi connectivity index (χ0n) is 6.50. The van der Waals surface area contributed by atoms with Crippen molar-refractivity contribution in [3.63, 3.8) is 0 Å². The number of rotatable bonds is 3. The predicted octanol–water partition coefficient (Wildman–Crippen LogP) is 0.813. The van der Waals surface area contributed by atoms with Crippen molar-refractivity contribution in [1.82, 2.24) is 0 Å². The quantitative estimate of drug-likeness (QED) is 0.474. The molecule has 0 radical (unpaired) electrons. The molecule has 0 aliphatic carbocycles. The first-order chi connectivity index (χ1) is 4.41. The molecule has 60 valence electrons. The SMILES string of the molecule is CC[C@@](C)(O)C(C)[N+](=O)[O-]. The van der Waals surface area contributed by atoms with Crippen LogP contribution in [0.15, 0.2) is 0 Å². The molecular formula is C6H13NO3. The maximum atomic E-state index is 10.2. The Morgan fingerprint density at radius 3 is 2.30 bits per heavy atom. The predicted molar refractivity (Wildman–Crippen MR) is 37.4 cm³/mol. The van der Waals surface area contributed by atoms with E-state index in [0.717, 1.165) is 0 Å². The average Bonchev–Trinajstić information content (AvgIpc) is 1.86. The molecule has 10 heavy (non-hydrogen) atoms. The normalized spacial score (nSPS) is 19.6. The third-order valence-corrected chi connectivity index (χ3v) is 1.93. The minimum Gasteiger partial charge on any atom is -0.383 e. The van der Waals surface area contributed by atoms with Crippen molar-refractivity contribution in [2.24, 2.45) is 0 Å². The Hall–Kier alpha value is -0.640. The third kappa shape index (κ3) is 1.95. The summed E-state index contributed by atoms with van der Waals surface area (Å²) in [5.41, 5.74) is -1.18. The van der Waals surface area contributed by atoms with Gasteiger partial charge in [0.25, 0.3) is 0 Å². The molecule has 0 amide bonds. The van der Waals surface area contributed by atoms with Crippen molar-refractivity contribution in [3.8, 4) is 0 Å². The van der Waals surface area contributed by atoms with Gasteiger partial charge in [0.2, 0.25) is 6.04 Å². The summed E-state index contributed by atoms with van der Waals surface area (Å²) < 4.78 is 0. The molecule has 1 N–H and O–H groups in total. The number of hydrogen-bond donors (Lipinski definition) is 1. The zero-order valence-corrected chi connectivity index (χ0v) is 6.50. The van der Waals surface area contributed by atoms with E-state index in [1.807, 2.05) is 0 Å². The van der Waals surface area contributed by atoms with Crippen molar-refractivity contribution in [2.75, 3.05) is 0 Å². The molecule has 4 nitrogen and oxygen atoms in total. The van der Waals surface area contributed by atoms with Crippen LogP contribution in [0, 0.1) is 10.1 Å². The summed E-state index contributed by atoms with van der Waals surface area (Å²) in [5, 5.41) is 19.5. The van der Waals surface area contributed by atoms with Gasteiger partial charge in [-0.25, -0.2) is 0 Å². The lowest BCUT2D eigenvalue weighted by Gasteiger charge is -2.21. The van der Waals surface area contributed by atoms with Gasteiger partial charge >= 0.3 is 0 Å². The lowest BCUT2D eigenvalue weighted by atomic mass is 9.96. The van der Waals surface area contributed by atoms with E-state index in [9.17, 15) is 15.2 Å². The highest BCUT2D eigenvalue weighted by atomic mass is 16.6. The second kappa shape index (κ2) is 2.96. The lowest BCUT2D eigenvalue weighted by molar-refractivity contribution is -0.540. The van der Waals surface area contributed by atoms with E-state index in [4.69, 9.17) is 0 Å². The van der Waals surface area contributed by atoms with Gasteiger partial charge in [-0.2, -0.15) is 0 Å². The molecule has 0 saturated carbocycles. The van der Waals surface area contributed by atoms with Crippen LogP contribution in [0.5, 0.6) is 0 Å². The molecule has 1 unspecified atom stereocenters. The van der Waals surface area contributed by atoms with E-state index in [2.05, 4.69) is 0 Å². The van der Waals surface area contributed by atoms with E-state index < -0.39 is 16.6 Å². The van der Waals surface area contributed by atoms with Crippen LogP contribution in [0.25, 0.3) is 0 Å². The maximum Gasteiger partial charge on any atom is 0.238 e. The number of nitro groups is 1. The van der Waals surface area contributed by atoms with Gasteiger partial charge in [0.15, 0.2) is 0 Å². The first-order valence-corrected chi connectivity index (χ1v) is 3.27. The Labute approximate surface area is 60.0 Å². The lowest BCUT2D eigenvalue weighted by Crippen LogP contribution is -2.41. The Morgan fingerprint density at radius 2 is 2.20 bits per heavy atom. The molecule has 0 saturated heterocycles. The van der Waals surface area contributed by atoms with Gasteiger partial charge in [-0.3, -0.25) is 10.1 Å². The molecule has 0 spiro atoms. The first-order valence-electron chi connectivity index (χ1n) is 3.27. The molecule has 2 atom stereocenters. The summed E-state index contributed by atoms with van der Waals surface area (Å²) in [6.07, 6.45) is 0.398. The van der Waals surface area contributed by atoms with Gasteiger partial charge in [0.05, 0.1) is 0 Å². The molecule has 0 aliphatic rings. The van der Waals surface area contributed by atoms with Crippen LogP contribution in [0.2, 0.25) is 0 Å². The Morgan fingerprint density at radius 1 is 1.80 bits per heavy atom. The highest BCUT2D eigenvalue weighted by Gasteiger charge is 2.34. The number of nitrogens with zero attached hydrogens (tertiary/aromatic N) is 1. The molecule has 0 aromatic rings. The van der Waals surface area contributed by atoms with E-state index in [0.29, 0.717) is 6.42 Å². The minimum absolute atomic E-state index is 0.398. The van der Waals surface area contributed by atoms with Gasteiger partial charge in [-0.05, 0) is 13.3 Å². The van der Waals surface area contributed by atoms with Crippen LogP contribution >= 0.6 is 0 Å². The van der Waals surface area contributed by atoms with Crippen molar-refractivity contribution in [1.29, 1.82) is 0 Å². The highest BCUT2D eigenvalue weighted by molar-refractivity contribution is 4.76. The molecule has 0 heterocycles. The molecule has 0 aliphatic heterocycles. The summed E-state index contributed by atoms with van der Waals surface area (Å²) in [7, 11) is 0. The Balaban J connectivity index is 4.17. The van der Waals surface area contributed by atoms with Gasteiger partial charge in [-0.15, -0.1) is 0 Å². The summed E-state index contributed by atoms with van der Waals surface area (Å²) in [5.74, 6) is 0.